The van der Waals surface area contributed by atoms with E-state index in [0.29, 0.717) is 31.9 Å². The molecule has 0 aromatic heterocycles. The van der Waals surface area contributed by atoms with Crippen LogP contribution in [0.4, 0.5) is 24.5 Å². The SMILES string of the molecule is CCN(CC)c1ccc(C(F)(F)F)cc1NC(=O)CN1CCNC(=O)C1. The monoisotopic (exact) mass is 372 g/mol. The summed E-state index contributed by atoms with van der Waals surface area (Å²) in [7, 11) is 0. The Morgan fingerprint density at radius 1 is 1.31 bits per heavy atom. The van der Waals surface area contributed by atoms with Gasteiger partial charge >= 0.3 is 6.18 Å². The minimum Gasteiger partial charge on any atom is -0.370 e. The zero-order valence-electron chi connectivity index (χ0n) is 14.8. The van der Waals surface area contributed by atoms with E-state index in [1.807, 2.05) is 18.7 Å². The zero-order chi connectivity index (χ0) is 19.3. The van der Waals surface area contributed by atoms with E-state index in [1.54, 1.807) is 4.90 Å². The summed E-state index contributed by atoms with van der Waals surface area (Å²) in [5.41, 5.74) is -0.163. The van der Waals surface area contributed by atoms with Crippen LogP contribution in [-0.2, 0) is 15.8 Å². The number of carbonyl (C=O) groups is 2. The van der Waals surface area contributed by atoms with Crippen LogP contribution < -0.4 is 15.5 Å². The van der Waals surface area contributed by atoms with E-state index in [9.17, 15) is 22.8 Å². The smallest absolute Gasteiger partial charge is 0.370 e. The molecule has 1 heterocycles. The number of rotatable bonds is 6. The van der Waals surface area contributed by atoms with Gasteiger partial charge in [0, 0.05) is 26.2 Å². The van der Waals surface area contributed by atoms with Gasteiger partial charge in [0.25, 0.3) is 0 Å². The van der Waals surface area contributed by atoms with Crippen molar-refractivity contribution in [3.05, 3.63) is 23.8 Å². The first kappa shape index (κ1) is 20.0. The normalized spacial score (nSPS) is 15.5. The molecule has 1 aromatic carbocycles. The quantitative estimate of drug-likeness (QED) is 0.801. The van der Waals surface area contributed by atoms with Crippen molar-refractivity contribution < 1.29 is 22.8 Å². The van der Waals surface area contributed by atoms with Gasteiger partial charge in [0.15, 0.2) is 0 Å². The highest BCUT2D eigenvalue weighted by Crippen LogP contribution is 2.35. The average Bonchev–Trinajstić information content (AvgIpc) is 2.56. The van der Waals surface area contributed by atoms with Gasteiger partial charge in [0.05, 0.1) is 30.0 Å². The van der Waals surface area contributed by atoms with Gasteiger partial charge in [-0.2, -0.15) is 13.2 Å². The molecule has 144 valence electrons. The number of anilines is 2. The number of hydrogen-bond donors (Lipinski definition) is 2. The van der Waals surface area contributed by atoms with Gasteiger partial charge < -0.3 is 15.5 Å². The Balaban J connectivity index is 2.21. The fourth-order valence-corrected chi connectivity index (χ4v) is 2.87. The first-order chi connectivity index (χ1) is 12.2. The molecule has 0 aliphatic carbocycles. The van der Waals surface area contributed by atoms with E-state index in [0.717, 1.165) is 12.1 Å². The van der Waals surface area contributed by atoms with Crippen molar-refractivity contribution in [3.63, 3.8) is 0 Å². The first-order valence-electron chi connectivity index (χ1n) is 8.49. The van der Waals surface area contributed by atoms with Gasteiger partial charge in [-0.3, -0.25) is 14.5 Å². The Morgan fingerprint density at radius 2 is 2.00 bits per heavy atom. The largest absolute Gasteiger partial charge is 0.416 e. The Bertz CT molecular complexity index is 660. The number of hydrogen-bond acceptors (Lipinski definition) is 4. The second kappa shape index (κ2) is 8.39. The lowest BCUT2D eigenvalue weighted by molar-refractivity contribution is -0.137. The minimum absolute atomic E-state index is 0.0542. The number of halogens is 3. The molecule has 1 aliphatic heterocycles. The Morgan fingerprint density at radius 3 is 2.58 bits per heavy atom. The molecule has 0 radical (unpaired) electrons. The molecule has 0 bridgehead atoms. The van der Waals surface area contributed by atoms with Crippen LogP contribution in [-0.4, -0.2) is 56.0 Å². The first-order valence-corrected chi connectivity index (χ1v) is 8.49. The van der Waals surface area contributed by atoms with Crippen molar-refractivity contribution in [1.82, 2.24) is 10.2 Å². The highest BCUT2D eigenvalue weighted by molar-refractivity contribution is 5.96. The third-order valence-electron chi connectivity index (χ3n) is 4.19. The van der Waals surface area contributed by atoms with Gasteiger partial charge in [0.1, 0.15) is 0 Å². The summed E-state index contributed by atoms with van der Waals surface area (Å²) >= 11 is 0. The van der Waals surface area contributed by atoms with Crippen molar-refractivity contribution in [2.45, 2.75) is 20.0 Å². The van der Waals surface area contributed by atoms with Crippen LogP contribution in [0.1, 0.15) is 19.4 Å². The molecule has 1 saturated heterocycles. The maximum absolute atomic E-state index is 13.0. The van der Waals surface area contributed by atoms with E-state index in [2.05, 4.69) is 10.6 Å². The summed E-state index contributed by atoms with van der Waals surface area (Å²) in [6, 6.07) is 3.34. The van der Waals surface area contributed by atoms with E-state index in [1.165, 1.54) is 6.07 Å². The number of carbonyl (C=O) groups excluding carboxylic acids is 2. The average molecular weight is 372 g/mol. The maximum Gasteiger partial charge on any atom is 0.416 e. The van der Waals surface area contributed by atoms with Crippen LogP contribution in [0.15, 0.2) is 18.2 Å². The molecule has 2 N–H and O–H groups in total. The zero-order valence-corrected chi connectivity index (χ0v) is 14.8. The fraction of sp³-hybridized carbons (Fsp3) is 0.529. The molecular formula is C17H23F3N4O2. The molecule has 0 saturated carbocycles. The van der Waals surface area contributed by atoms with Crippen LogP contribution in [0, 0.1) is 0 Å². The second-order valence-electron chi connectivity index (χ2n) is 6.01. The van der Waals surface area contributed by atoms with E-state index in [4.69, 9.17) is 0 Å². The molecule has 1 aliphatic rings. The highest BCUT2D eigenvalue weighted by atomic mass is 19.4. The minimum atomic E-state index is -4.49. The lowest BCUT2D eigenvalue weighted by Gasteiger charge is -2.27. The van der Waals surface area contributed by atoms with Gasteiger partial charge in [-0.05, 0) is 32.0 Å². The topological polar surface area (TPSA) is 64.7 Å². The maximum atomic E-state index is 13.0. The van der Waals surface area contributed by atoms with Crippen molar-refractivity contribution in [1.29, 1.82) is 0 Å². The standard InChI is InChI=1S/C17H23F3N4O2/c1-3-24(4-2)14-6-5-12(17(18,19)20)9-13(14)22-16(26)11-23-8-7-21-15(25)10-23/h5-6,9H,3-4,7-8,10-11H2,1-2H3,(H,21,25)(H,22,26). The third-order valence-corrected chi connectivity index (χ3v) is 4.19. The number of piperazine rings is 1. The summed E-state index contributed by atoms with van der Waals surface area (Å²) < 4.78 is 39.1. The molecule has 0 unspecified atom stereocenters. The van der Waals surface area contributed by atoms with Crippen LogP contribution in [0.25, 0.3) is 0 Å². The molecule has 0 spiro atoms. The van der Waals surface area contributed by atoms with Gasteiger partial charge in [-0.1, -0.05) is 0 Å². The van der Waals surface area contributed by atoms with Crippen LogP contribution in [0.3, 0.4) is 0 Å². The van der Waals surface area contributed by atoms with Gasteiger partial charge in [-0.25, -0.2) is 0 Å². The van der Waals surface area contributed by atoms with E-state index >= 15 is 0 Å². The number of amides is 2. The molecule has 0 atom stereocenters. The van der Waals surface area contributed by atoms with Crippen LogP contribution in [0.5, 0.6) is 0 Å². The molecular weight excluding hydrogens is 349 g/mol. The lowest BCUT2D eigenvalue weighted by Crippen LogP contribution is -2.49. The van der Waals surface area contributed by atoms with E-state index < -0.39 is 17.6 Å². The Kier molecular flexibility index (Phi) is 6.47. The third kappa shape index (κ3) is 5.10. The number of benzene rings is 1. The second-order valence-corrected chi connectivity index (χ2v) is 6.01. The summed E-state index contributed by atoms with van der Waals surface area (Å²) in [6.45, 7) is 5.97. The summed E-state index contributed by atoms with van der Waals surface area (Å²) in [6.07, 6.45) is -4.49. The van der Waals surface area contributed by atoms with Gasteiger partial charge in [-0.15, -0.1) is 0 Å². The lowest BCUT2D eigenvalue weighted by atomic mass is 10.1. The van der Waals surface area contributed by atoms with Crippen molar-refractivity contribution in [2.75, 3.05) is 49.5 Å². The van der Waals surface area contributed by atoms with Gasteiger partial charge in [0.2, 0.25) is 11.8 Å². The fourth-order valence-electron chi connectivity index (χ4n) is 2.87. The number of nitrogens with zero attached hydrogens (tertiary/aromatic N) is 2. The summed E-state index contributed by atoms with van der Waals surface area (Å²) in [5, 5.41) is 5.23. The Hall–Kier alpha value is -2.29. The molecule has 26 heavy (non-hydrogen) atoms. The summed E-state index contributed by atoms with van der Waals surface area (Å²) in [4.78, 5) is 27.2. The molecule has 2 amide bonds. The van der Waals surface area contributed by atoms with Crippen molar-refractivity contribution in [3.8, 4) is 0 Å². The van der Waals surface area contributed by atoms with Crippen molar-refractivity contribution in [2.24, 2.45) is 0 Å². The molecule has 2 rings (SSSR count). The Labute approximate surface area is 150 Å². The van der Waals surface area contributed by atoms with E-state index in [-0.39, 0.29) is 24.7 Å². The summed E-state index contributed by atoms with van der Waals surface area (Å²) in [5.74, 6) is -0.626. The predicted octanol–water partition coefficient (Wildman–Crippen LogP) is 1.92. The van der Waals surface area contributed by atoms with Crippen molar-refractivity contribution >= 4 is 23.2 Å². The number of alkyl halides is 3. The highest BCUT2D eigenvalue weighted by Gasteiger charge is 2.31. The molecule has 6 nitrogen and oxygen atoms in total. The van der Waals surface area contributed by atoms with Crippen LogP contribution >= 0.6 is 0 Å². The molecule has 1 aromatic rings. The molecule has 9 heteroatoms. The van der Waals surface area contributed by atoms with Crippen LogP contribution in [0.2, 0.25) is 0 Å². The predicted molar refractivity (Wildman–Crippen MR) is 93.1 cm³/mol. The number of nitrogens with one attached hydrogen (secondary N) is 2. The molecule has 1 fully saturated rings.